The number of hydrogen-bond donors (Lipinski definition) is 1. The largest absolute Gasteiger partial charge is 0.497 e. The molecule has 1 N–H and O–H groups in total. The molecule has 0 aliphatic carbocycles. The number of rotatable bonds is 17. The maximum atomic E-state index is 12.7. The van der Waals surface area contributed by atoms with E-state index in [1.807, 2.05) is 0 Å². The highest BCUT2D eigenvalue weighted by molar-refractivity contribution is 9.10. The second kappa shape index (κ2) is 17.2. The fourth-order valence-electron chi connectivity index (χ4n) is 3.80. The van der Waals surface area contributed by atoms with Gasteiger partial charge in [-0.25, -0.2) is 4.79 Å². The zero-order valence-electron chi connectivity index (χ0n) is 21.7. The number of ketones is 1. The summed E-state index contributed by atoms with van der Waals surface area (Å²) in [5.74, 6) is -0.884. The minimum absolute atomic E-state index is 0.229. The van der Waals surface area contributed by atoms with Crippen molar-refractivity contribution in [1.82, 2.24) is 0 Å². The number of halogens is 2. The van der Waals surface area contributed by atoms with Gasteiger partial charge in [0.25, 0.3) is 0 Å². The van der Waals surface area contributed by atoms with Crippen LogP contribution in [0.25, 0.3) is 0 Å². The van der Waals surface area contributed by atoms with Gasteiger partial charge in [-0.05, 0) is 48.9 Å². The summed E-state index contributed by atoms with van der Waals surface area (Å²) in [6.07, 6.45) is 12.0. The van der Waals surface area contributed by atoms with Crippen LogP contribution in [0.1, 0.15) is 91.8 Å². The van der Waals surface area contributed by atoms with Crippen LogP contribution in [-0.4, -0.2) is 36.2 Å². The Balaban J connectivity index is 1.78. The predicted octanol–water partition coefficient (Wildman–Crippen LogP) is 8.01. The third-order valence-electron chi connectivity index (χ3n) is 6.03. The Morgan fingerprint density at radius 3 is 2.03 bits per heavy atom. The third kappa shape index (κ3) is 10.9. The molecule has 0 spiro atoms. The van der Waals surface area contributed by atoms with Gasteiger partial charge in [0.05, 0.1) is 30.0 Å². The number of Topliss-reactive ketones (excluding diaryl/α,β-unsaturated/α-hetero) is 1. The molecule has 6 nitrogen and oxygen atoms in total. The molecule has 0 unspecified atom stereocenters. The first-order valence-electron chi connectivity index (χ1n) is 13.0. The molecule has 1 amide bonds. The molecule has 0 aliphatic rings. The van der Waals surface area contributed by atoms with E-state index in [2.05, 4.69) is 28.2 Å². The molecule has 2 rings (SSSR count). The number of anilines is 1. The maximum absolute atomic E-state index is 12.7. The molecule has 0 saturated carbocycles. The van der Waals surface area contributed by atoms with E-state index in [-0.39, 0.29) is 16.3 Å². The molecule has 0 heterocycles. The topological polar surface area (TPSA) is 81.7 Å². The second-order valence-electron chi connectivity index (χ2n) is 8.96. The number of methoxy groups -OCH3 is 1. The van der Waals surface area contributed by atoms with Crippen LogP contribution < -0.4 is 10.1 Å². The zero-order valence-corrected chi connectivity index (χ0v) is 24.0. The molecule has 0 fully saturated rings. The number of carbonyl (C=O) groups excluding carboxylic acids is 3. The highest BCUT2D eigenvalue weighted by Gasteiger charge is 2.25. The first-order chi connectivity index (χ1) is 17.9. The van der Waals surface area contributed by atoms with Crippen molar-refractivity contribution in [2.75, 3.05) is 19.0 Å². The average Bonchev–Trinajstić information content (AvgIpc) is 2.91. The van der Waals surface area contributed by atoms with Crippen LogP contribution in [-0.2, 0) is 9.53 Å². The van der Waals surface area contributed by atoms with Crippen LogP contribution >= 0.6 is 27.5 Å². The van der Waals surface area contributed by atoms with Gasteiger partial charge in [0, 0.05) is 5.56 Å². The maximum Gasteiger partial charge on any atom is 0.338 e. The number of esters is 1. The summed E-state index contributed by atoms with van der Waals surface area (Å²) in [6, 6.07) is 11.0. The number of hydrogen-bond acceptors (Lipinski definition) is 5. The molecule has 8 heteroatoms. The quantitative estimate of drug-likeness (QED) is 0.0659. The Hall–Kier alpha value is -2.38. The van der Waals surface area contributed by atoms with Gasteiger partial charge in [0.1, 0.15) is 5.75 Å². The summed E-state index contributed by atoms with van der Waals surface area (Å²) in [5.41, 5.74) is 0.861. The van der Waals surface area contributed by atoms with Crippen molar-refractivity contribution in [3.05, 3.63) is 58.6 Å². The Morgan fingerprint density at radius 1 is 0.865 bits per heavy atom. The SMILES string of the molecule is CCCCCCCCCCCCOC(=O)c1ccc(Cl)c(NC(=O)[C@@H](Br)C(=O)c2ccc(OC)cc2)c1. The lowest BCUT2D eigenvalue weighted by molar-refractivity contribution is -0.114. The second-order valence-corrected chi connectivity index (χ2v) is 10.3. The van der Waals surface area contributed by atoms with E-state index in [1.54, 1.807) is 30.3 Å². The van der Waals surface area contributed by atoms with Gasteiger partial charge in [0.15, 0.2) is 10.6 Å². The molecule has 2 aromatic carbocycles. The highest BCUT2D eigenvalue weighted by Crippen LogP contribution is 2.25. The number of carbonyl (C=O) groups is 3. The monoisotopic (exact) mass is 593 g/mol. The van der Waals surface area contributed by atoms with Crippen molar-refractivity contribution < 1.29 is 23.9 Å². The van der Waals surface area contributed by atoms with Gasteiger partial charge in [-0.2, -0.15) is 0 Å². The molecular formula is C29H37BrClNO5. The first kappa shape index (κ1) is 30.8. The molecule has 0 aliphatic heterocycles. The van der Waals surface area contributed by atoms with Gasteiger partial charge in [-0.15, -0.1) is 0 Å². The summed E-state index contributed by atoms with van der Waals surface area (Å²) < 4.78 is 10.5. The number of nitrogens with one attached hydrogen (secondary N) is 1. The lowest BCUT2D eigenvalue weighted by Crippen LogP contribution is -2.30. The van der Waals surface area contributed by atoms with Crippen LogP contribution in [0.5, 0.6) is 5.75 Å². The van der Waals surface area contributed by atoms with Crippen molar-refractivity contribution in [2.24, 2.45) is 0 Å². The Kier molecular flexibility index (Phi) is 14.3. The number of unbranched alkanes of at least 4 members (excludes halogenated alkanes) is 9. The molecule has 0 radical (unpaired) electrons. The van der Waals surface area contributed by atoms with E-state index in [4.69, 9.17) is 21.1 Å². The van der Waals surface area contributed by atoms with E-state index in [9.17, 15) is 14.4 Å². The molecular weight excluding hydrogens is 558 g/mol. The number of ether oxygens (including phenoxy) is 2. The molecule has 0 aromatic heterocycles. The highest BCUT2D eigenvalue weighted by atomic mass is 79.9. The van der Waals surface area contributed by atoms with Gasteiger partial charge in [-0.3, -0.25) is 9.59 Å². The van der Waals surface area contributed by atoms with Crippen molar-refractivity contribution in [1.29, 1.82) is 0 Å². The minimum Gasteiger partial charge on any atom is -0.497 e. The van der Waals surface area contributed by atoms with Crippen molar-refractivity contribution in [3.8, 4) is 5.75 Å². The Labute approximate surface area is 233 Å². The van der Waals surface area contributed by atoms with Gasteiger partial charge < -0.3 is 14.8 Å². The lowest BCUT2D eigenvalue weighted by Gasteiger charge is -2.13. The van der Waals surface area contributed by atoms with Crippen LogP contribution in [0.4, 0.5) is 5.69 Å². The normalized spacial score (nSPS) is 11.6. The van der Waals surface area contributed by atoms with E-state index < -0.39 is 22.5 Å². The number of benzene rings is 2. The minimum atomic E-state index is -1.14. The predicted molar refractivity (Wildman–Crippen MR) is 152 cm³/mol. The Bertz CT molecular complexity index is 1010. The molecule has 202 valence electrons. The summed E-state index contributed by atoms with van der Waals surface area (Å²) in [4.78, 5) is 36.7. The van der Waals surface area contributed by atoms with Crippen molar-refractivity contribution >= 4 is 50.9 Å². The number of alkyl halides is 1. The lowest BCUT2D eigenvalue weighted by atomic mass is 10.1. The van der Waals surface area contributed by atoms with Crippen LogP contribution in [0.15, 0.2) is 42.5 Å². The number of amides is 1. The summed E-state index contributed by atoms with van der Waals surface area (Å²) in [7, 11) is 1.53. The third-order valence-corrected chi connectivity index (χ3v) is 7.19. The molecule has 0 bridgehead atoms. The smallest absolute Gasteiger partial charge is 0.338 e. The van der Waals surface area contributed by atoms with Crippen LogP contribution in [0.3, 0.4) is 0 Å². The average molecular weight is 595 g/mol. The van der Waals surface area contributed by atoms with E-state index >= 15 is 0 Å². The zero-order chi connectivity index (χ0) is 27.0. The van der Waals surface area contributed by atoms with E-state index in [0.717, 1.165) is 19.3 Å². The summed E-state index contributed by atoms with van der Waals surface area (Å²) in [6.45, 7) is 2.57. The molecule has 1 atom stereocenters. The standard InChI is InChI=1S/C29H37BrClNO5/c1-3-4-5-6-7-8-9-10-11-12-19-37-29(35)22-15-18-24(31)25(20-22)32-28(34)26(30)27(33)21-13-16-23(36-2)17-14-21/h13-18,20,26H,3-12,19H2,1-2H3,(H,32,34)/t26-/m0/s1. The van der Waals surface area contributed by atoms with Crippen LogP contribution in [0, 0.1) is 0 Å². The van der Waals surface area contributed by atoms with E-state index in [1.165, 1.54) is 64.2 Å². The van der Waals surface area contributed by atoms with Gasteiger partial charge in [-0.1, -0.05) is 92.2 Å². The van der Waals surface area contributed by atoms with Crippen molar-refractivity contribution in [3.63, 3.8) is 0 Å². The summed E-state index contributed by atoms with van der Waals surface area (Å²) in [5, 5.41) is 2.87. The van der Waals surface area contributed by atoms with Crippen LogP contribution in [0.2, 0.25) is 5.02 Å². The molecule has 37 heavy (non-hydrogen) atoms. The fraction of sp³-hybridized carbons (Fsp3) is 0.483. The Morgan fingerprint density at radius 2 is 1.43 bits per heavy atom. The van der Waals surface area contributed by atoms with Gasteiger partial charge in [0.2, 0.25) is 5.91 Å². The van der Waals surface area contributed by atoms with Gasteiger partial charge >= 0.3 is 5.97 Å². The summed E-state index contributed by atoms with van der Waals surface area (Å²) >= 11 is 9.38. The first-order valence-corrected chi connectivity index (χ1v) is 14.3. The molecule has 0 saturated heterocycles. The fourth-order valence-corrected chi connectivity index (χ4v) is 4.35. The van der Waals surface area contributed by atoms with E-state index in [0.29, 0.717) is 17.9 Å². The molecule has 2 aromatic rings. The van der Waals surface area contributed by atoms with Crippen molar-refractivity contribution in [2.45, 2.75) is 76.0 Å².